The van der Waals surface area contributed by atoms with Crippen LogP contribution in [0.3, 0.4) is 0 Å². The Hall–Kier alpha value is -0.120. The molecule has 2 aliphatic rings. The van der Waals surface area contributed by atoms with Gasteiger partial charge >= 0.3 is 0 Å². The minimum Gasteiger partial charge on any atom is -0.374 e. The zero-order valence-corrected chi connectivity index (χ0v) is 13.2. The largest absolute Gasteiger partial charge is 0.374 e. The molecule has 2 rings (SSSR count). The summed E-state index contributed by atoms with van der Waals surface area (Å²) in [7, 11) is 0. The smallest absolute Gasteiger partial charge is 0.0850 e. The molecule has 1 aliphatic carbocycles. The van der Waals surface area contributed by atoms with Gasteiger partial charge in [0, 0.05) is 25.2 Å². The third-order valence-corrected chi connectivity index (χ3v) is 5.02. The van der Waals surface area contributed by atoms with E-state index < -0.39 is 0 Å². The summed E-state index contributed by atoms with van der Waals surface area (Å²) in [5, 5.41) is 0. The van der Waals surface area contributed by atoms with Crippen molar-refractivity contribution in [3.05, 3.63) is 0 Å². The summed E-state index contributed by atoms with van der Waals surface area (Å²) >= 11 is 0. The Labute approximate surface area is 118 Å². The summed E-state index contributed by atoms with van der Waals surface area (Å²) in [5.74, 6) is 0.813. The fourth-order valence-electron chi connectivity index (χ4n) is 3.87. The van der Waals surface area contributed by atoms with Crippen molar-refractivity contribution in [2.75, 3.05) is 19.7 Å². The maximum atomic E-state index is 6.03. The number of ether oxygens (including phenoxy) is 1. The normalized spacial score (nSPS) is 36.2. The van der Waals surface area contributed by atoms with Crippen LogP contribution < -0.4 is 5.73 Å². The van der Waals surface area contributed by atoms with Crippen LogP contribution in [0.4, 0.5) is 0 Å². The first-order valence-electron chi connectivity index (χ1n) is 8.01. The van der Waals surface area contributed by atoms with Crippen molar-refractivity contribution in [2.24, 2.45) is 17.1 Å². The van der Waals surface area contributed by atoms with Gasteiger partial charge in [-0.1, -0.05) is 33.6 Å². The lowest BCUT2D eigenvalue weighted by Crippen LogP contribution is -2.56. The fourth-order valence-corrected chi connectivity index (χ4v) is 3.87. The van der Waals surface area contributed by atoms with Gasteiger partial charge in [0.1, 0.15) is 0 Å². The first-order valence-corrected chi connectivity index (χ1v) is 8.01. The molecule has 2 fully saturated rings. The van der Waals surface area contributed by atoms with Crippen LogP contribution in [0.2, 0.25) is 0 Å². The molecule has 1 heterocycles. The Morgan fingerprint density at radius 3 is 2.53 bits per heavy atom. The highest BCUT2D eigenvalue weighted by atomic mass is 16.5. The number of hydrogen-bond donors (Lipinski definition) is 1. The van der Waals surface area contributed by atoms with Crippen molar-refractivity contribution >= 4 is 0 Å². The Bertz CT molecular complexity index is 285. The van der Waals surface area contributed by atoms with Crippen LogP contribution in [-0.4, -0.2) is 42.8 Å². The van der Waals surface area contributed by atoms with E-state index in [1.807, 2.05) is 0 Å². The van der Waals surface area contributed by atoms with E-state index >= 15 is 0 Å². The standard InChI is InChI=1S/C16H32N2O/c1-12(17)15-11-18(9-10-19-15)14-8-6-5-7-13(14)16(2,3)4/h12-15H,5-11,17H2,1-4H3. The predicted octanol–water partition coefficient (Wildman–Crippen LogP) is 2.64. The van der Waals surface area contributed by atoms with Crippen molar-refractivity contribution in [1.29, 1.82) is 0 Å². The van der Waals surface area contributed by atoms with Crippen LogP contribution in [0.15, 0.2) is 0 Å². The zero-order valence-electron chi connectivity index (χ0n) is 13.2. The minimum atomic E-state index is 0.138. The minimum absolute atomic E-state index is 0.138. The lowest BCUT2D eigenvalue weighted by molar-refractivity contribution is -0.0755. The van der Waals surface area contributed by atoms with Crippen molar-refractivity contribution in [2.45, 2.75) is 71.6 Å². The number of hydrogen-bond acceptors (Lipinski definition) is 3. The summed E-state index contributed by atoms with van der Waals surface area (Å²) < 4.78 is 5.81. The first-order chi connectivity index (χ1) is 8.89. The molecule has 0 aromatic rings. The van der Waals surface area contributed by atoms with Crippen LogP contribution in [0.5, 0.6) is 0 Å². The van der Waals surface area contributed by atoms with E-state index in [0.29, 0.717) is 5.41 Å². The average Bonchev–Trinajstić information content (AvgIpc) is 2.38. The maximum absolute atomic E-state index is 6.03. The van der Waals surface area contributed by atoms with Gasteiger partial charge in [-0.2, -0.15) is 0 Å². The van der Waals surface area contributed by atoms with Crippen LogP contribution in [-0.2, 0) is 4.74 Å². The van der Waals surface area contributed by atoms with E-state index in [1.165, 1.54) is 25.7 Å². The Morgan fingerprint density at radius 2 is 1.89 bits per heavy atom. The Balaban J connectivity index is 2.05. The van der Waals surface area contributed by atoms with E-state index in [0.717, 1.165) is 31.7 Å². The van der Waals surface area contributed by atoms with E-state index in [1.54, 1.807) is 0 Å². The number of morpholine rings is 1. The molecule has 0 spiro atoms. The molecule has 4 unspecified atom stereocenters. The second-order valence-electron chi connectivity index (χ2n) is 7.59. The first kappa shape index (κ1) is 15.3. The highest BCUT2D eigenvalue weighted by Crippen LogP contribution is 2.40. The van der Waals surface area contributed by atoms with Crippen molar-refractivity contribution in [3.8, 4) is 0 Å². The molecule has 4 atom stereocenters. The summed E-state index contributed by atoms with van der Waals surface area (Å²) in [4.78, 5) is 2.67. The molecule has 0 bridgehead atoms. The van der Waals surface area contributed by atoms with Crippen LogP contribution >= 0.6 is 0 Å². The average molecular weight is 268 g/mol. The molecular formula is C16H32N2O. The monoisotopic (exact) mass is 268 g/mol. The van der Waals surface area contributed by atoms with Gasteiger partial charge < -0.3 is 10.5 Å². The third kappa shape index (κ3) is 3.71. The summed E-state index contributed by atoms with van der Waals surface area (Å²) in [6, 6.07) is 0.873. The van der Waals surface area contributed by atoms with Gasteiger partial charge in [-0.05, 0) is 31.1 Å². The van der Waals surface area contributed by atoms with E-state index in [9.17, 15) is 0 Å². The number of nitrogens with two attached hydrogens (primary N) is 1. The molecule has 1 aliphatic heterocycles. The van der Waals surface area contributed by atoms with E-state index in [4.69, 9.17) is 10.5 Å². The van der Waals surface area contributed by atoms with Gasteiger partial charge in [0.05, 0.1) is 12.7 Å². The zero-order chi connectivity index (χ0) is 14.0. The molecule has 112 valence electrons. The van der Waals surface area contributed by atoms with Gasteiger partial charge in [0.15, 0.2) is 0 Å². The predicted molar refractivity (Wildman–Crippen MR) is 80.2 cm³/mol. The highest BCUT2D eigenvalue weighted by Gasteiger charge is 2.39. The molecule has 1 saturated heterocycles. The topological polar surface area (TPSA) is 38.5 Å². The molecule has 19 heavy (non-hydrogen) atoms. The number of rotatable bonds is 2. The molecule has 2 N–H and O–H groups in total. The molecule has 0 amide bonds. The number of nitrogens with zero attached hydrogens (tertiary/aromatic N) is 1. The third-order valence-electron chi connectivity index (χ3n) is 5.02. The lowest BCUT2D eigenvalue weighted by Gasteiger charge is -2.48. The van der Waals surface area contributed by atoms with E-state index in [2.05, 4.69) is 32.6 Å². The van der Waals surface area contributed by atoms with Crippen LogP contribution in [0.25, 0.3) is 0 Å². The second kappa shape index (κ2) is 6.11. The Kier molecular flexibility index (Phi) is 4.91. The summed E-state index contributed by atoms with van der Waals surface area (Å²) in [5.41, 5.74) is 6.44. The molecule has 3 heteroatoms. The van der Waals surface area contributed by atoms with Crippen molar-refractivity contribution < 1.29 is 4.74 Å². The lowest BCUT2D eigenvalue weighted by atomic mass is 9.69. The molecule has 0 aromatic heterocycles. The van der Waals surface area contributed by atoms with Gasteiger partial charge in [-0.15, -0.1) is 0 Å². The summed E-state index contributed by atoms with van der Waals surface area (Å²) in [6.07, 6.45) is 5.75. The van der Waals surface area contributed by atoms with Crippen molar-refractivity contribution in [3.63, 3.8) is 0 Å². The van der Waals surface area contributed by atoms with Gasteiger partial charge in [0.2, 0.25) is 0 Å². The van der Waals surface area contributed by atoms with Gasteiger partial charge in [-0.3, -0.25) is 4.90 Å². The van der Waals surface area contributed by atoms with Gasteiger partial charge in [0.25, 0.3) is 0 Å². The van der Waals surface area contributed by atoms with Crippen LogP contribution in [0, 0.1) is 11.3 Å². The second-order valence-corrected chi connectivity index (χ2v) is 7.59. The van der Waals surface area contributed by atoms with Crippen molar-refractivity contribution in [1.82, 2.24) is 4.90 Å². The molecule has 3 nitrogen and oxygen atoms in total. The molecule has 0 radical (unpaired) electrons. The maximum Gasteiger partial charge on any atom is 0.0850 e. The molecule has 1 saturated carbocycles. The van der Waals surface area contributed by atoms with E-state index in [-0.39, 0.29) is 12.1 Å². The fraction of sp³-hybridized carbons (Fsp3) is 1.00. The van der Waals surface area contributed by atoms with Crippen LogP contribution in [0.1, 0.15) is 53.4 Å². The summed E-state index contributed by atoms with van der Waals surface area (Å²) in [6.45, 7) is 12.2. The highest BCUT2D eigenvalue weighted by molar-refractivity contribution is 4.92. The Morgan fingerprint density at radius 1 is 1.21 bits per heavy atom. The SMILES string of the molecule is CC(N)C1CN(C2CCCCC2C(C)(C)C)CCO1. The molecular weight excluding hydrogens is 236 g/mol. The van der Waals surface area contributed by atoms with Gasteiger partial charge in [-0.25, -0.2) is 0 Å². The molecule has 0 aromatic carbocycles. The quantitative estimate of drug-likeness (QED) is 0.837.